The average molecular weight is 231 g/mol. The molecule has 0 aromatic rings. The van der Waals surface area contributed by atoms with Gasteiger partial charge in [0.25, 0.3) is 0 Å². The van der Waals surface area contributed by atoms with Crippen LogP contribution in [0.2, 0.25) is 0 Å². The van der Waals surface area contributed by atoms with E-state index in [0.717, 1.165) is 0 Å². The predicted octanol–water partition coefficient (Wildman–Crippen LogP) is -0.229. The Morgan fingerprint density at radius 1 is 1.50 bits per heavy atom. The summed E-state index contributed by atoms with van der Waals surface area (Å²) >= 11 is 0. The second kappa shape index (κ2) is 4.39. The van der Waals surface area contributed by atoms with Gasteiger partial charge in [0.2, 0.25) is 5.60 Å². The van der Waals surface area contributed by atoms with Crippen LogP contribution in [0, 0.1) is 0 Å². The molecule has 1 rings (SSSR count). The maximum absolute atomic E-state index is 11.7. The quantitative estimate of drug-likeness (QED) is 0.502. The molecule has 1 heterocycles. The van der Waals surface area contributed by atoms with Gasteiger partial charge in [0.05, 0.1) is 13.2 Å². The molecule has 1 aliphatic rings. The maximum Gasteiger partial charge on any atom is 0.342 e. The van der Waals surface area contributed by atoms with Gasteiger partial charge in [-0.2, -0.15) is 0 Å². The van der Waals surface area contributed by atoms with Gasteiger partial charge in [-0.25, -0.2) is 4.79 Å². The molecule has 0 aromatic heterocycles. The highest BCUT2D eigenvalue weighted by molar-refractivity contribution is 5.83. The number of aliphatic carboxylic acids is 1. The smallest absolute Gasteiger partial charge is 0.342 e. The lowest BCUT2D eigenvalue weighted by Gasteiger charge is -2.22. The number of hydrogen-bond acceptors (Lipinski definition) is 5. The van der Waals surface area contributed by atoms with Gasteiger partial charge in [0.1, 0.15) is 5.60 Å². The minimum absolute atomic E-state index is 0.161. The molecule has 0 amide bonds. The minimum atomic E-state index is -0.983. The number of esters is 1. The maximum atomic E-state index is 11.7. The highest BCUT2D eigenvalue weighted by atomic mass is 16.6. The van der Waals surface area contributed by atoms with Crippen molar-refractivity contribution < 1.29 is 24.2 Å². The van der Waals surface area contributed by atoms with Crippen molar-refractivity contribution >= 4 is 11.9 Å². The number of carbonyl (C=O) groups excluding carboxylic acids is 1. The zero-order valence-corrected chi connectivity index (χ0v) is 9.70. The van der Waals surface area contributed by atoms with E-state index in [9.17, 15) is 9.59 Å². The number of nitrogens with one attached hydrogen (secondary N) is 1. The van der Waals surface area contributed by atoms with Crippen molar-refractivity contribution in [2.45, 2.75) is 32.0 Å². The monoisotopic (exact) mass is 231 g/mol. The van der Waals surface area contributed by atoms with Gasteiger partial charge in [-0.05, 0) is 20.8 Å². The Morgan fingerprint density at radius 3 is 2.44 bits per heavy atom. The fourth-order valence-electron chi connectivity index (χ4n) is 1.12. The van der Waals surface area contributed by atoms with Crippen LogP contribution in [0.4, 0.5) is 0 Å². The van der Waals surface area contributed by atoms with E-state index >= 15 is 0 Å². The van der Waals surface area contributed by atoms with E-state index < -0.39 is 23.1 Å². The normalized spacial score (nSPS) is 23.9. The van der Waals surface area contributed by atoms with Gasteiger partial charge in [0, 0.05) is 6.54 Å². The predicted molar refractivity (Wildman–Crippen MR) is 55.0 cm³/mol. The Hall–Kier alpha value is -1.14. The summed E-state index contributed by atoms with van der Waals surface area (Å²) in [6.45, 7) is 5.54. The summed E-state index contributed by atoms with van der Waals surface area (Å²) < 4.78 is 10.2. The molecule has 1 atom stereocenters. The van der Waals surface area contributed by atoms with Gasteiger partial charge in [-0.15, -0.1) is 0 Å². The molecule has 1 fully saturated rings. The lowest BCUT2D eigenvalue weighted by Crippen LogP contribution is -2.42. The number of ether oxygens (including phenoxy) is 2. The zero-order valence-electron chi connectivity index (χ0n) is 9.70. The lowest BCUT2D eigenvalue weighted by atomic mass is 10.1. The van der Waals surface area contributed by atoms with E-state index in [-0.39, 0.29) is 19.7 Å². The molecular weight excluding hydrogens is 214 g/mol. The number of carboxylic acid groups (broad SMARTS) is 1. The first-order valence-corrected chi connectivity index (χ1v) is 5.05. The first-order valence-electron chi connectivity index (χ1n) is 5.05. The van der Waals surface area contributed by atoms with Gasteiger partial charge in [0.15, 0.2) is 0 Å². The second-order valence-electron chi connectivity index (χ2n) is 4.78. The molecule has 0 radical (unpaired) electrons. The summed E-state index contributed by atoms with van der Waals surface area (Å²) in [5, 5.41) is 11.1. The van der Waals surface area contributed by atoms with E-state index in [1.54, 1.807) is 20.8 Å². The molecule has 1 unspecified atom stereocenters. The fourth-order valence-corrected chi connectivity index (χ4v) is 1.12. The molecule has 2 N–H and O–H groups in total. The Kier molecular flexibility index (Phi) is 3.54. The first kappa shape index (κ1) is 12.9. The molecule has 6 nitrogen and oxygen atoms in total. The number of carbonyl (C=O) groups is 2. The third-order valence-corrected chi connectivity index (χ3v) is 1.95. The van der Waals surface area contributed by atoms with Gasteiger partial charge in [-0.3, -0.25) is 4.79 Å². The zero-order chi connectivity index (χ0) is 12.4. The number of rotatable bonds is 5. The summed E-state index contributed by atoms with van der Waals surface area (Å²) in [5.41, 5.74) is -1.55. The molecule has 92 valence electrons. The van der Waals surface area contributed by atoms with E-state index in [0.29, 0.717) is 0 Å². The summed E-state index contributed by atoms with van der Waals surface area (Å²) in [6.07, 6.45) is 0. The molecule has 0 aliphatic carbocycles. The largest absolute Gasteiger partial charge is 0.480 e. The van der Waals surface area contributed by atoms with Crippen molar-refractivity contribution in [3.05, 3.63) is 0 Å². The lowest BCUT2D eigenvalue weighted by molar-refractivity contribution is -0.161. The number of epoxide rings is 1. The van der Waals surface area contributed by atoms with Crippen molar-refractivity contribution in [2.24, 2.45) is 0 Å². The standard InChI is InChI=1S/C10H17NO5/c1-9(2,3)16-8(14)10(6-15-10)5-11-4-7(12)13/h11H,4-6H2,1-3H3,(H,12,13). The second-order valence-corrected chi connectivity index (χ2v) is 4.78. The van der Waals surface area contributed by atoms with Crippen LogP contribution in [0.1, 0.15) is 20.8 Å². The molecular formula is C10H17NO5. The highest BCUT2D eigenvalue weighted by Crippen LogP contribution is 2.29. The Bertz CT molecular complexity index is 290. The van der Waals surface area contributed by atoms with Crippen molar-refractivity contribution in [1.29, 1.82) is 0 Å². The molecule has 0 spiro atoms. The average Bonchev–Trinajstić information content (AvgIpc) is 2.81. The van der Waals surface area contributed by atoms with Crippen LogP contribution >= 0.6 is 0 Å². The van der Waals surface area contributed by atoms with Gasteiger partial charge in [-0.1, -0.05) is 0 Å². The van der Waals surface area contributed by atoms with E-state index in [2.05, 4.69) is 5.32 Å². The third kappa shape index (κ3) is 3.79. The molecule has 0 bridgehead atoms. The van der Waals surface area contributed by atoms with E-state index in [4.69, 9.17) is 14.6 Å². The highest BCUT2D eigenvalue weighted by Gasteiger charge is 2.54. The van der Waals surface area contributed by atoms with Crippen LogP contribution in [0.3, 0.4) is 0 Å². The van der Waals surface area contributed by atoms with Crippen LogP contribution in [-0.4, -0.2) is 47.9 Å². The fraction of sp³-hybridized carbons (Fsp3) is 0.800. The summed E-state index contributed by atoms with van der Waals surface area (Å²) in [6, 6.07) is 0. The molecule has 1 saturated heterocycles. The van der Waals surface area contributed by atoms with Crippen molar-refractivity contribution in [3.63, 3.8) is 0 Å². The van der Waals surface area contributed by atoms with E-state index in [1.807, 2.05) is 0 Å². The molecule has 6 heteroatoms. The summed E-state index contributed by atoms with van der Waals surface area (Å²) in [5.74, 6) is -1.42. The third-order valence-electron chi connectivity index (χ3n) is 1.95. The van der Waals surface area contributed by atoms with Crippen LogP contribution < -0.4 is 5.32 Å². The number of carboxylic acids is 1. The molecule has 16 heavy (non-hydrogen) atoms. The van der Waals surface area contributed by atoms with Crippen LogP contribution in [0.25, 0.3) is 0 Å². The topological polar surface area (TPSA) is 88.2 Å². The Morgan fingerprint density at radius 2 is 2.06 bits per heavy atom. The van der Waals surface area contributed by atoms with Crippen LogP contribution in [0.5, 0.6) is 0 Å². The molecule has 0 saturated carbocycles. The number of hydrogen-bond donors (Lipinski definition) is 2. The molecule has 1 aliphatic heterocycles. The van der Waals surface area contributed by atoms with Crippen molar-refractivity contribution in [2.75, 3.05) is 19.7 Å². The Balaban J connectivity index is 2.39. The van der Waals surface area contributed by atoms with Crippen LogP contribution in [0.15, 0.2) is 0 Å². The summed E-state index contributed by atoms with van der Waals surface area (Å²) in [7, 11) is 0. The van der Waals surface area contributed by atoms with Crippen molar-refractivity contribution in [3.8, 4) is 0 Å². The molecule has 0 aromatic carbocycles. The SMILES string of the molecule is CC(C)(C)OC(=O)C1(CNCC(=O)O)CO1. The van der Waals surface area contributed by atoms with Gasteiger partial charge >= 0.3 is 11.9 Å². The van der Waals surface area contributed by atoms with E-state index in [1.165, 1.54) is 0 Å². The van der Waals surface area contributed by atoms with Gasteiger partial charge < -0.3 is 19.9 Å². The Labute approximate surface area is 93.9 Å². The van der Waals surface area contributed by atoms with Crippen molar-refractivity contribution in [1.82, 2.24) is 5.32 Å². The first-order chi connectivity index (χ1) is 7.25. The minimum Gasteiger partial charge on any atom is -0.480 e. The van der Waals surface area contributed by atoms with Crippen LogP contribution in [-0.2, 0) is 19.1 Å². The summed E-state index contributed by atoms with van der Waals surface area (Å²) in [4.78, 5) is 22.0.